The van der Waals surface area contributed by atoms with Crippen LogP contribution in [0.4, 0.5) is 0 Å². The Kier molecular flexibility index (Phi) is 3.29. The number of pyridine rings is 1. The van der Waals surface area contributed by atoms with Gasteiger partial charge < -0.3 is 14.7 Å². The van der Waals surface area contributed by atoms with Crippen LogP contribution in [0.15, 0.2) is 45.7 Å². The first-order chi connectivity index (χ1) is 14.2. The second-order valence-electron chi connectivity index (χ2n) is 7.70. The zero-order valence-electron chi connectivity index (χ0n) is 15.9. The van der Waals surface area contributed by atoms with Crippen LogP contribution in [0.25, 0.3) is 44.0 Å². The number of benzene rings is 2. The van der Waals surface area contributed by atoms with Crippen LogP contribution >= 0.6 is 0 Å². The maximum Gasteiger partial charge on any atom is 0.281 e. The van der Waals surface area contributed by atoms with Gasteiger partial charge in [-0.1, -0.05) is 12.1 Å². The molecule has 0 saturated heterocycles. The zero-order chi connectivity index (χ0) is 19.7. The van der Waals surface area contributed by atoms with Gasteiger partial charge in [0.2, 0.25) is 5.89 Å². The summed E-state index contributed by atoms with van der Waals surface area (Å²) in [6.07, 6.45) is 3.83. The van der Waals surface area contributed by atoms with E-state index >= 15 is 0 Å². The van der Waals surface area contributed by atoms with Gasteiger partial charge in [0.05, 0.1) is 23.8 Å². The molecule has 1 aliphatic carbocycles. The Bertz CT molecular complexity index is 1490. The van der Waals surface area contributed by atoms with Crippen molar-refractivity contribution in [3.8, 4) is 11.1 Å². The topological polar surface area (TPSA) is 103 Å². The highest BCUT2D eigenvalue weighted by Crippen LogP contribution is 2.40. The third-order valence-electron chi connectivity index (χ3n) is 5.85. The molecule has 0 atom stereocenters. The fraction of sp³-hybridized carbons (Fsp3) is 0.227. The highest BCUT2D eigenvalue weighted by atomic mass is 16.3. The van der Waals surface area contributed by atoms with Crippen molar-refractivity contribution in [2.45, 2.75) is 32.4 Å². The average molecular weight is 385 g/mol. The van der Waals surface area contributed by atoms with Crippen LogP contribution in [-0.2, 0) is 6.54 Å². The molecule has 0 radical (unpaired) electrons. The third kappa shape index (κ3) is 2.31. The van der Waals surface area contributed by atoms with Crippen LogP contribution in [0.5, 0.6) is 0 Å². The summed E-state index contributed by atoms with van der Waals surface area (Å²) in [7, 11) is 0. The maximum atomic E-state index is 13.3. The van der Waals surface area contributed by atoms with Gasteiger partial charge in [0.1, 0.15) is 0 Å². The summed E-state index contributed by atoms with van der Waals surface area (Å²) in [6, 6.07) is 10.6. The number of nitrogens with zero attached hydrogens (tertiary/aromatic N) is 3. The number of rotatable bonds is 3. The molecule has 2 aromatic carbocycles. The monoisotopic (exact) mass is 385 g/mol. The van der Waals surface area contributed by atoms with E-state index in [0.717, 1.165) is 51.3 Å². The molecule has 3 N–H and O–H groups in total. The Balaban J connectivity index is 1.71. The van der Waals surface area contributed by atoms with Crippen molar-refractivity contribution in [3.63, 3.8) is 0 Å². The van der Waals surface area contributed by atoms with Gasteiger partial charge in [-0.2, -0.15) is 5.10 Å². The van der Waals surface area contributed by atoms with Crippen molar-refractivity contribution in [1.29, 1.82) is 0 Å². The fourth-order valence-corrected chi connectivity index (χ4v) is 4.29. The van der Waals surface area contributed by atoms with Crippen molar-refractivity contribution in [3.05, 3.63) is 58.3 Å². The Hall–Kier alpha value is -3.45. The van der Waals surface area contributed by atoms with Crippen molar-refractivity contribution >= 4 is 32.9 Å². The van der Waals surface area contributed by atoms with E-state index in [1.54, 1.807) is 0 Å². The molecule has 1 fully saturated rings. The minimum absolute atomic E-state index is 0.0935. The molecule has 1 aliphatic rings. The van der Waals surface area contributed by atoms with E-state index in [4.69, 9.17) is 10.2 Å². The van der Waals surface area contributed by atoms with Gasteiger partial charge in [0.15, 0.2) is 11.1 Å². The Morgan fingerprint density at radius 3 is 2.93 bits per heavy atom. The molecule has 0 amide bonds. The fourth-order valence-electron chi connectivity index (χ4n) is 4.29. The molecule has 3 aromatic heterocycles. The lowest BCUT2D eigenvalue weighted by Crippen LogP contribution is -2.20. The molecule has 7 heteroatoms. The van der Waals surface area contributed by atoms with Gasteiger partial charge in [0, 0.05) is 16.8 Å². The van der Waals surface area contributed by atoms with E-state index < -0.39 is 0 Å². The molecule has 0 unspecified atom stereocenters. The molecule has 144 valence electrons. The minimum Gasteiger partial charge on any atom is -0.438 e. The SMILES string of the molecule is Cc1c(-c2ccc3[nH]ncc3c2)ccc2c3oc(CN)nc3c(=O)n(C3CC3)c12. The number of H-pyrrole nitrogens is 1. The number of nitrogens with one attached hydrogen (secondary N) is 1. The van der Waals surface area contributed by atoms with Gasteiger partial charge in [-0.3, -0.25) is 9.89 Å². The van der Waals surface area contributed by atoms with Crippen LogP contribution < -0.4 is 11.3 Å². The number of fused-ring (bicyclic) bond motifs is 4. The summed E-state index contributed by atoms with van der Waals surface area (Å²) in [4.78, 5) is 17.6. The first kappa shape index (κ1) is 16.5. The van der Waals surface area contributed by atoms with Crippen LogP contribution in [0.1, 0.15) is 30.3 Å². The lowest BCUT2D eigenvalue weighted by Gasteiger charge is -2.15. The number of hydrogen-bond donors (Lipinski definition) is 2. The molecule has 29 heavy (non-hydrogen) atoms. The summed E-state index contributed by atoms with van der Waals surface area (Å²) in [5.74, 6) is 0.388. The van der Waals surface area contributed by atoms with Crippen molar-refractivity contribution < 1.29 is 4.42 Å². The average Bonchev–Trinajstić information content (AvgIpc) is 3.28. The second kappa shape index (κ2) is 5.78. The number of hydrogen-bond acceptors (Lipinski definition) is 5. The molecule has 0 spiro atoms. The number of aryl methyl sites for hydroxylation is 1. The van der Waals surface area contributed by atoms with Gasteiger partial charge in [-0.15, -0.1) is 0 Å². The molecule has 0 bridgehead atoms. The largest absolute Gasteiger partial charge is 0.438 e. The first-order valence-electron chi connectivity index (χ1n) is 9.76. The summed E-state index contributed by atoms with van der Waals surface area (Å²) < 4.78 is 7.76. The van der Waals surface area contributed by atoms with Crippen LogP contribution in [0.3, 0.4) is 0 Å². The van der Waals surface area contributed by atoms with E-state index in [1.165, 1.54) is 0 Å². The Labute approximate surface area is 165 Å². The lowest BCUT2D eigenvalue weighted by atomic mass is 9.96. The Morgan fingerprint density at radius 1 is 1.28 bits per heavy atom. The predicted octanol–water partition coefficient (Wildman–Crippen LogP) is 3.79. The Morgan fingerprint density at radius 2 is 2.14 bits per heavy atom. The molecule has 7 nitrogen and oxygen atoms in total. The van der Waals surface area contributed by atoms with E-state index in [-0.39, 0.29) is 18.1 Å². The predicted molar refractivity (Wildman–Crippen MR) is 112 cm³/mol. The van der Waals surface area contributed by atoms with Crippen LogP contribution in [-0.4, -0.2) is 19.7 Å². The number of aromatic nitrogens is 4. The summed E-state index contributed by atoms with van der Waals surface area (Å²) in [5.41, 5.74) is 11.7. The molecule has 6 rings (SSSR count). The van der Waals surface area contributed by atoms with Crippen LogP contribution in [0, 0.1) is 6.92 Å². The van der Waals surface area contributed by atoms with E-state index in [2.05, 4.69) is 40.3 Å². The second-order valence-corrected chi connectivity index (χ2v) is 7.70. The van der Waals surface area contributed by atoms with E-state index in [0.29, 0.717) is 17.0 Å². The summed E-state index contributed by atoms with van der Waals surface area (Å²) in [5, 5.41) is 9.06. The van der Waals surface area contributed by atoms with Crippen molar-refractivity contribution in [2.75, 3.05) is 0 Å². The molecule has 5 aromatic rings. The quantitative estimate of drug-likeness (QED) is 0.492. The molecule has 0 aliphatic heterocycles. The third-order valence-corrected chi connectivity index (χ3v) is 5.85. The highest BCUT2D eigenvalue weighted by molar-refractivity contribution is 6.04. The maximum absolute atomic E-state index is 13.3. The van der Waals surface area contributed by atoms with Gasteiger partial charge in [0.25, 0.3) is 5.56 Å². The highest BCUT2D eigenvalue weighted by Gasteiger charge is 2.30. The number of oxazole rings is 1. The summed E-state index contributed by atoms with van der Waals surface area (Å²) >= 11 is 0. The molecule has 3 heterocycles. The molecule has 1 saturated carbocycles. The smallest absolute Gasteiger partial charge is 0.281 e. The van der Waals surface area contributed by atoms with E-state index in [9.17, 15) is 4.79 Å². The molecular formula is C22H19N5O2. The molecular weight excluding hydrogens is 366 g/mol. The number of aromatic amines is 1. The van der Waals surface area contributed by atoms with Gasteiger partial charge in [-0.25, -0.2) is 4.98 Å². The minimum atomic E-state index is -0.0935. The first-order valence-corrected chi connectivity index (χ1v) is 9.76. The standard InChI is InChI=1S/C22H19N5O2/c1-11-15(12-2-7-17-13(8-12)10-24-26-17)5-6-16-20(11)27(14-3-4-14)22(28)19-21(16)29-18(9-23)25-19/h2,5-8,10,14H,3-4,9,23H2,1H3,(H,24,26). The van der Waals surface area contributed by atoms with Crippen molar-refractivity contribution in [2.24, 2.45) is 5.73 Å². The van der Waals surface area contributed by atoms with Crippen molar-refractivity contribution in [1.82, 2.24) is 19.7 Å². The lowest BCUT2D eigenvalue weighted by molar-refractivity contribution is 0.535. The summed E-state index contributed by atoms with van der Waals surface area (Å²) in [6.45, 7) is 2.24. The van der Waals surface area contributed by atoms with Gasteiger partial charge in [-0.05, 0) is 54.7 Å². The zero-order valence-corrected chi connectivity index (χ0v) is 15.9. The van der Waals surface area contributed by atoms with E-state index in [1.807, 2.05) is 22.9 Å². The normalized spacial score (nSPS) is 14.4. The number of nitrogens with two attached hydrogens (primary N) is 1. The van der Waals surface area contributed by atoms with Gasteiger partial charge >= 0.3 is 0 Å². The van der Waals surface area contributed by atoms with Crippen LogP contribution in [0.2, 0.25) is 0 Å².